The zero-order chi connectivity index (χ0) is 16.1. The van der Waals surface area contributed by atoms with E-state index in [2.05, 4.69) is 11.9 Å². The van der Waals surface area contributed by atoms with E-state index in [1.807, 2.05) is 6.92 Å². The first-order valence-electron chi connectivity index (χ1n) is 7.26. The molecule has 1 aromatic heterocycles. The molecule has 0 aromatic carbocycles. The van der Waals surface area contributed by atoms with Gasteiger partial charge in [-0.1, -0.05) is 6.92 Å². The predicted octanol–water partition coefficient (Wildman–Crippen LogP) is 2.88. The summed E-state index contributed by atoms with van der Waals surface area (Å²) in [5, 5.41) is 0. The van der Waals surface area contributed by atoms with Crippen LogP contribution in [-0.2, 0) is 11.0 Å². The van der Waals surface area contributed by atoms with E-state index in [9.17, 15) is 18.0 Å². The topological polar surface area (TPSA) is 42.4 Å². The zero-order valence-electron chi connectivity index (χ0n) is 12.3. The second kappa shape index (κ2) is 4.86. The number of likely N-dealkylation sites (tertiary alicyclic amines) is 1. The molecule has 7 heteroatoms. The van der Waals surface area contributed by atoms with E-state index in [0.717, 1.165) is 31.5 Å². The number of ether oxygens (including phenoxy) is 1. The molecule has 4 unspecified atom stereocenters. The second-order valence-corrected chi connectivity index (χ2v) is 6.00. The molecule has 1 saturated carbocycles. The maximum Gasteiger partial charge on any atom is 0.417 e. The van der Waals surface area contributed by atoms with Gasteiger partial charge in [0, 0.05) is 23.7 Å². The summed E-state index contributed by atoms with van der Waals surface area (Å²) in [7, 11) is 0. The van der Waals surface area contributed by atoms with Crippen LogP contribution in [0.5, 0.6) is 5.88 Å². The molecule has 1 aromatic rings. The van der Waals surface area contributed by atoms with E-state index in [1.54, 1.807) is 4.90 Å². The average Bonchev–Trinajstić information content (AvgIpc) is 2.47. The van der Waals surface area contributed by atoms with Crippen LogP contribution in [0.1, 0.15) is 32.3 Å². The minimum absolute atomic E-state index is 0.00547. The van der Waals surface area contributed by atoms with Crippen molar-refractivity contribution >= 4 is 6.41 Å². The van der Waals surface area contributed by atoms with Gasteiger partial charge in [-0.25, -0.2) is 4.98 Å². The summed E-state index contributed by atoms with van der Waals surface area (Å²) >= 11 is 0. The fraction of sp³-hybridized carbons (Fsp3) is 0.600. The predicted molar refractivity (Wildman–Crippen MR) is 72.1 cm³/mol. The van der Waals surface area contributed by atoms with Gasteiger partial charge < -0.3 is 9.64 Å². The van der Waals surface area contributed by atoms with Crippen LogP contribution in [0, 0.1) is 5.41 Å². The van der Waals surface area contributed by atoms with Gasteiger partial charge in [0.25, 0.3) is 0 Å². The Balaban J connectivity index is 1.69. The fourth-order valence-electron chi connectivity index (χ4n) is 3.86. The number of pyridine rings is 1. The Bertz CT molecular complexity index is 575. The van der Waals surface area contributed by atoms with Crippen LogP contribution in [0.4, 0.5) is 13.2 Å². The van der Waals surface area contributed by atoms with Crippen LogP contribution in [0.2, 0.25) is 0 Å². The van der Waals surface area contributed by atoms with E-state index >= 15 is 0 Å². The summed E-state index contributed by atoms with van der Waals surface area (Å²) < 4.78 is 43.2. The van der Waals surface area contributed by atoms with Gasteiger partial charge in [0.05, 0.1) is 11.6 Å². The standard InChI is InChI=1S/C15H17F3N2O2/c1-3-14-6-11(13(14)20(8-21)9(14)2)22-12-5-4-10(7-19-12)15(16,17)18/h4-5,7-9,11,13H,3,6H2,1-2H3. The number of alkyl halides is 3. The molecule has 2 heterocycles. The summed E-state index contributed by atoms with van der Waals surface area (Å²) in [6.07, 6.45) is -1.28. The van der Waals surface area contributed by atoms with Gasteiger partial charge in [-0.2, -0.15) is 13.2 Å². The number of rotatable bonds is 4. The van der Waals surface area contributed by atoms with Crippen LogP contribution >= 0.6 is 0 Å². The number of carbonyl (C=O) groups excluding carboxylic acids is 1. The summed E-state index contributed by atoms with van der Waals surface area (Å²) in [6, 6.07) is 2.35. The normalized spacial score (nSPS) is 33.5. The molecule has 4 nitrogen and oxygen atoms in total. The highest BCUT2D eigenvalue weighted by Gasteiger charge is 2.69. The molecular weight excluding hydrogens is 297 g/mol. The zero-order valence-corrected chi connectivity index (χ0v) is 12.3. The molecule has 22 heavy (non-hydrogen) atoms. The Morgan fingerprint density at radius 3 is 2.73 bits per heavy atom. The highest BCUT2D eigenvalue weighted by molar-refractivity contribution is 5.54. The lowest BCUT2D eigenvalue weighted by Gasteiger charge is -2.71. The molecule has 0 spiro atoms. The Hall–Kier alpha value is -1.79. The van der Waals surface area contributed by atoms with Gasteiger partial charge in [-0.3, -0.25) is 4.79 Å². The summed E-state index contributed by atoms with van der Waals surface area (Å²) in [6.45, 7) is 4.10. The molecule has 2 aliphatic rings. The number of piperidine rings is 1. The molecule has 2 fully saturated rings. The van der Waals surface area contributed by atoms with Crippen molar-refractivity contribution in [1.82, 2.24) is 9.88 Å². The number of amides is 1. The number of hydrogen-bond donors (Lipinski definition) is 0. The Morgan fingerprint density at radius 2 is 2.23 bits per heavy atom. The quantitative estimate of drug-likeness (QED) is 0.803. The number of nitrogens with zero attached hydrogens (tertiary/aromatic N) is 2. The van der Waals surface area contributed by atoms with Crippen molar-refractivity contribution in [2.75, 3.05) is 0 Å². The Kier molecular flexibility index (Phi) is 3.34. The highest BCUT2D eigenvalue weighted by Crippen LogP contribution is 2.59. The molecule has 4 atom stereocenters. The lowest BCUT2D eigenvalue weighted by Crippen LogP contribution is -2.82. The van der Waals surface area contributed by atoms with Crippen molar-refractivity contribution in [2.24, 2.45) is 5.41 Å². The maximum absolute atomic E-state index is 12.5. The van der Waals surface area contributed by atoms with Crippen molar-refractivity contribution in [2.45, 2.75) is 51.1 Å². The molecule has 1 saturated heterocycles. The summed E-state index contributed by atoms with van der Waals surface area (Å²) in [5.74, 6) is 0.160. The van der Waals surface area contributed by atoms with Crippen molar-refractivity contribution in [1.29, 1.82) is 0 Å². The van der Waals surface area contributed by atoms with Gasteiger partial charge in [0.1, 0.15) is 6.10 Å². The van der Waals surface area contributed by atoms with E-state index in [4.69, 9.17) is 4.74 Å². The first-order valence-corrected chi connectivity index (χ1v) is 7.26. The van der Waals surface area contributed by atoms with Crippen molar-refractivity contribution in [3.63, 3.8) is 0 Å². The second-order valence-electron chi connectivity index (χ2n) is 6.00. The van der Waals surface area contributed by atoms with Crippen LogP contribution in [0.3, 0.4) is 0 Å². The molecule has 1 amide bonds. The number of halogens is 3. The van der Waals surface area contributed by atoms with E-state index in [0.29, 0.717) is 0 Å². The highest BCUT2D eigenvalue weighted by atomic mass is 19.4. The van der Waals surface area contributed by atoms with Crippen LogP contribution in [-0.4, -0.2) is 34.5 Å². The number of hydrogen-bond acceptors (Lipinski definition) is 3. The molecule has 120 valence electrons. The van der Waals surface area contributed by atoms with E-state index in [1.165, 1.54) is 6.07 Å². The first-order chi connectivity index (χ1) is 10.3. The van der Waals surface area contributed by atoms with Crippen molar-refractivity contribution < 1.29 is 22.7 Å². The van der Waals surface area contributed by atoms with Gasteiger partial charge in [0.15, 0.2) is 0 Å². The largest absolute Gasteiger partial charge is 0.472 e. The molecule has 3 rings (SSSR count). The summed E-state index contributed by atoms with van der Waals surface area (Å²) in [5.41, 5.74) is -0.722. The van der Waals surface area contributed by atoms with Crippen molar-refractivity contribution in [3.8, 4) is 5.88 Å². The third kappa shape index (κ3) is 1.98. The molecular formula is C15H17F3N2O2. The van der Waals surface area contributed by atoms with Gasteiger partial charge >= 0.3 is 6.18 Å². The van der Waals surface area contributed by atoms with E-state index < -0.39 is 11.7 Å². The minimum atomic E-state index is -4.41. The monoisotopic (exact) mass is 314 g/mol. The molecule has 0 bridgehead atoms. The lowest BCUT2D eigenvalue weighted by molar-refractivity contribution is -0.240. The smallest absolute Gasteiger partial charge is 0.417 e. The third-order valence-electron chi connectivity index (χ3n) is 5.24. The molecule has 1 aliphatic heterocycles. The number of carbonyl (C=O) groups is 1. The molecule has 0 radical (unpaired) electrons. The number of fused-ring (bicyclic) bond motifs is 1. The van der Waals surface area contributed by atoms with Crippen molar-refractivity contribution in [3.05, 3.63) is 23.9 Å². The number of aromatic nitrogens is 1. The SMILES string of the molecule is CCC12CC(Oc3ccc(C(F)(F)F)cn3)C1N(C=O)C2C. The van der Waals surface area contributed by atoms with Gasteiger partial charge in [0.2, 0.25) is 12.3 Å². The van der Waals surface area contributed by atoms with Crippen LogP contribution in [0.15, 0.2) is 18.3 Å². The Morgan fingerprint density at radius 1 is 1.50 bits per heavy atom. The van der Waals surface area contributed by atoms with Gasteiger partial charge in [-0.05, 0) is 25.8 Å². The van der Waals surface area contributed by atoms with Gasteiger partial charge in [-0.15, -0.1) is 0 Å². The molecule has 1 aliphatic carbocycles. The first kappa shape index (κ1) is 15.1. The minimum Gasteiger partial charge on any atom is -0.472 e. The third-order valence-corrected chi connectivity index (χ3v) is 5.24. The fourth-order valence-corrected chi connectivity index (χ4v) is 3.86. The molecule has 0 N–H and O–H groups in total. The average molecular weight is 314 g/mol. The maximum atomic E-state index is 12.5. The van der Waals surface area contributed by atoms with Crippen LogP contribution in [0.25, 0.3) is 0 Å². The summed E-state index contributed by atoms with van der Waals surface area (Å²) in [4.78, 5) is 16.6. The van der Waals surface area contributed by atoms with Crippen LogP contribution < -0.4 is 4.74 Å². The lowest BCUT2D eigenvalue weighted by atomic mass is 9.50. The van der Waals surface area contributed by atoms with E-state index in [-0.39, 0.29) is 29.5 Å². The Labute approximate surface area is 126 Å².